The van der Waals surface area contributed by atoms with E-state index < -0.39 is 0 Å². The zero-order valence-corrected chi connectivity index (χ0v) is 82.5. The maximum atomic E-state index is 13.0. The van der Waals surface area contributed by atoms with Crippen LogP contribution in [-0.4, -0.2) is 4.70 Å². The van der Waals surface area contributed by atoms with Gasteiger partial charge in [0.2, 0.25) is 11.4 Å². The van der Waals surface area contributed by atoms with Gasteiger partial charge in [-0.1, -0.05) is 406 Å². The molecule has 0 aliphatic carbocycles. The van der Waals surface area contributed by atoms with Gasteiger partial charge in [0.25, 0.3) is 0 Å². The van der Waals surface area contributed by atoms with Gasteiger partial charge in [0.05, 0.1) is 0 Å². The van der Waals surface area contributed by atoms with Gasteiger partial charge in [0, 0.05) is 22.3 Å². The zero-order chi connectivity index (χ0) is 84.6. The fourth-order valence-electron chi connectivity index (χ4n) is 18.3. The number of nitrogens with zero attached hydrogens (tertiary/aromatic N) is 2. The molecule has 3 heteroatoms. The number of hydrogen-bond acceptors (Lipinski definition) is 0. The molecule has 0 saturated carbocycles. The van der Waals surface area contributed by atoms with Crippen LogP contribution in [0.4, 0.5) is 0 Å². The minimum atomic E-state index is 1.00. The average Bonchev–Trinajstić information content (AvgIpc) is 1.59. The van der Waals surface area contributed by atoms with Crippen molar-refractivity contribution in [3.05, 3.63) is 111 Å². The van der Waals surface area contributed by atoms with Crippen LogP contribution in [0.2, 0.25) is 10.8 Å². The number of benzene rings is 2. The number of aryl methyl sites for hydroxylation is 4. The van der Waals surface area contributed by atoms with Gasteiger partial charge in [-0.3, -0.25) is 0 Å². The summed E-state index contributed by atoms with van der Waals surface area (Å²) in [5.74, 6) is 0. The summed E-state index contributed by atoms with van der Waals surface area (Å²) in [6.07, 6.45) is 127. The molecular weight excluding hydrogens is 1470 g/mol. The summed E-state index contributed by atoms with van der Waals surface area (Å²) in [6, 6.07) is 14.6. The summed E-state index contributed by atoms with van der Waals surface area (Å²) in [7, 11) is 0. The molecule has 0 bridgehead atoms. The predicted molar refractivity (Wildman–Crippen MR) is 532 cm³/mol. The molecule has 2 aromatic carbocycles. The monoisotopic (exact) mass is 1680 g/mol. The van der Waals surface area contributed by atoms with E-state index in [1.807, 2.05) is 0 Å². The Kier molecular flexibility index (Phi) is 84.4. The van der Waals surface area contributed by atoms with Gasteiger partial charge >= 0.3 is 166 Å². The van der Waals surface area contributed by atoms with Crippen LogP contribution in [0.5, 0.6) is 0 Å². The van der Waals surface area contributed by atoms with Crippen LogP contribution in [0.25, 0.3) is 16.9 Å². The molecule has 0 amide bonds. The molecule has 3 rings (SSSR count). The predicted octanol–water partition coefficient (Wildman–Crippen LogP) is 41.8. The first-order valence-corrected chi connectivity index (χ1v) is 55.8. The van der Waals surface area contributed by atoms with E-state index >= 15 is 0 Å². The Labute approximate surface area is 748 Å². The van der Waals surface area contributed by atoms with Crippen LogP contribution < -0.4 is 0 Å². The quantitative estimate of drug-likeness (QED) is 0.0273. The molecule has 0 atom stereocenters. The van der Waals surface area contributed by atoms with Gasteiger partial charge in [-0.2, -0.15) is 0 Å². The molecule has 0 unspecified atom stereocenters. The van der Waals surface area contributed by atoms with Crippen LogP contribution in [0.15, 0.2) is 71.8 Å². The SMILES string of the molecule is CCCCCCCCCCCCCCC=CCCc1ccc(CCCC)cc1C1=C(CCCC)C(CCCCC)=C(c2cc(CCCC)ccc2CCC=CCCCCCCCCCCCCCC)[N+]1=[N-].CCCCCCCCCCCCCCCCCCCCCC[CH2][Ni][CH2]CCCCCCCCCCCCCCCCCCCCCC. The second kappa shape index (κ2) is 89.3. The molecule has 0 spiro atoms. The fraction of sp³-hybridized carbons (Fsp3) is 0.826. The fourth-order valence-corrected chi connectivity index (χ4v) is 19.5. The van der Waals surface area contributed by atoms with Crippen molar-refractivity contribution < 1.29 is 19.1 Å². The minimum Gasteiger partial charge on any atom is -0.0654 e. The summed E-state index contributed by atoms with van der Waals surface area (Å²) >= 11 is 2.05. The molecule has 0 saturated heterocycles. The normalized spacial score (nSPS) is 12.6. The van der Waals surface area contributed by atoms with Crippen molar-refractivity contribution in [2.24, 2.45) is 0 Å². The Balaban J connectivity index is 0.000000873. The van der Waals surface area contributed by atoms with Crippen molar-refractivity contribution >= 4 is 11.4 Å². The third-order valence-electron chi connectivity index (χ3n) is 26.3. The molecule has 1 aliphatic heterocycles. The summed E-state index contributed by atoms with van der Waals surface area (Å²) in [5.41, 5.74) is 26.2. The summed E-state index contributed by atoms with van der Waals surface area (Å²) in [6.45, 7) is 18.5. The van der Waals surface area contributed by atoms with E-state index in [0.29, 0.717) is 0 Å². The first kappa shape index (κ1) is 112. The molecule has 2 aromatic rings. The van der Waals surface area contributed by atoms with Crippen LogP contribution in [0, 0.1) is 0 Å². The maximum absolute atomic E-state index is 13.0. The second-order valence-electron chi connectivity index (χ2n) is 37.7. The van der Waals surface area contributed by atoms with Crippen molar-refractivity contribution in [1.29, 1.82) is 0 Å². The van der Waals surface area contributed by atoms with Gasteiger partial charge in [0.1, 0.15) is 0 Å². The Morgan fingerprint density at radius 2 is 0.415 bits per heavy atom. The standard InChI is InChI=1S/C69H114N2.2C23H47.Ni/c1-7-13-19-21-23-25-27-29-31-33-35-37-39-41-43-46-50-62-56-54-60(48-16-10-4)58-66(62)68-64(52-18-12-6)65(53-45-15-9-3)69(71(68)70)67-59-61(49-17-11-5)55-57-63(67)51-47-44-42-40-38-36-34-32-30-28-26-24-22-20-14-8-2;2*1-3-5-7-9-11-13-15-17-19-21-23-22-20-18-16-14-12-10-8-6-4-2;/h41-44,54-59H,7-40,45-53H2,1-6H3;2*1,3-23H2,2H3;. The molecule has 0 fully saturated rings. The van der Waals surface area contributed by atoms with Crippen LogP contribution >= 0.6 is 0 Å². The molecular formula is C115H208N2Ni. The smallest absolute Gasteiger partial charge is 0.0654 e. The van der Waals surface area contributed by atoms with Gasteiger partial charge < -0.3 is 5.53 Å². The van der Waals surface area contributed by atoms with Crippen molar-refractivity contribution in [3.63, 3.8) is 0 Å². The van der Waals surface area contributed by atoms with Crippen LogP contribution in [0.3, 0.4) is 0 Å². The van der Waals surface area contributed by atoms with Crippen molar-refractivity contribution in [2.45, 2.75) is 612 Å². The van der Waals surface area contributed by atoms with E-state index in [1.54, 1.807) is 4.70 Å². The van der Waals surface area contributed by atoms with Crippen molar-refractivity contribution in [1.82, 2.24) is 0 Å². The number of allylic oxidation sites excluding steroid dienone is 6. The van der Waals surface area contributed by atoms with E-state index in [9.17, 15) is 5.53 Å². The minimum absolute atomic E-state index is 1.00. The zero-order valence-electron chi connectivity index (χ0n) is 81.5. The molecule has 2 nitrogen and oxygen atoms in total. The average molecular weight is 1680 g/mol. The summed E-state index contributed by atoms with van der Waals surface area (Å²) < 4.78 is 1.73. The number of hydrogen-bond donors (Lipinski definition) is 0. The van der Waals surface area contributed by atoms with Crippen molar-refractivity contribution in [3.8, 4) is 0 Å². The molecule has 1 aliphatic rings. The van der Waals surface area contributed by atoms with E-state index in [-0.39, 0.29) is 0 Å². The van der Waals surface area contributed by atoms with Crippen molar-refractivity contribution in [2.75, 3.05) is 0 Å². The molecule has 0 aromatic heterocycles. The number of unbranched alkanes of at least 4 members (excludes halogenated alkanes) is 69. The molecule has 0 N–H and O–H groups in total. The Hall–Kier alpha value is -2.51. The number of rotatable bonds is 91. The first-order valence-electron chi connectivity index (χ1n) is 54.4. The summed E-state index contributed by atoms with van der Waals surface area (Å²) in [4.78, 5) is 0. The molecule has 1 heterocycles. The third-order valence-corrected chi connectivity index (χ3v) is 27.7. The first-order chi connectivity index (χ1) is 58.4. The van der Waals surface area contributed by atoms with Gasteiger partial charge in [0.15, 0.2) is 0 Å². The second-order valence-corrected chi connectivity index (χ2v) is 39.2. The Morgan fingerprint density at radius 3 is 0.669 bits per heavy atom. The topological polar surface area (TPSA) is 25.3 Å². The molecule has 118 heavy (non-hydrogen) atoms. The van der Waals surface area contributed by atoms with Gasteiger partial charge in [-0.25, -0.2) is 4.70 Å². The summed E-state index contributed by atoms with van der Waals surface area (Å²) in [5, 5.41) is 2.87. The van der Waals surface area contributed by atoms with E-state index in [2.05, 4.69) is 131 Å². The van der Waals surface area contributed by atoms with Gasteiger partial charge in [-0.15, -0.1) is 0 Å². The Morgan fingerprint density at radius 1 is 0.212 bits per heavy atom. The van der Waals surface area contributed by atoms with Gasteiger partial charge in [-0.05, 0) is 137 Å². The van der Waals surface area contributed by atoms with E-state index in [0.717, 1.165) is 82.0 Å². The van der Waals surface area contributed by atoms with E-state index in [1.165, 1.54) is 530 Å². The third kappa shape index (κ3) is 65.1. The van der Waals surface area contributed by atoms with E-state index in [4.69, 9.17) is 0 Å². The van der Waals surface area contributed by atoms with Crippen LogP contribution in [0.1, 0.15) is 609 Å². The Bertz CT molecular complexity index is 2530. The molecule has 0 radical (unpaired) electrons. The van der Waals surface area contributed by atoms with Crippen LogP contribution in [-0.2, 0) is 40.1 Å². The molecule has 688 valence electrons.